The molecule has 0 saturated heterocycles. The molecule has 1 fully saturated rings. The first-order chi connectivity index (χ1) is 10.8. The Morgan fingerprint density at radius 2 is 2.00 bits per heavy atom. The van der Waals surface area contributed by atoms with E-state index < -0.39 is 0 Å². The fraction of sp³-hybridized carbons (Fsp3) is 0.222. The van der Waals surface area contributed by atoms with E-state index >= 15 is 0 Å². The number of hydrogen-bond donors (Lipinski definition) is 1. The van der Waals surface area contributed by atoms with E-state index in [-0.39, 0.29) is 5.91 Å². The maximum atomic E-state index is 12.1. The van der Waals surface area contributed by atoms with Gasteiger partial charge in [0.1, 0.15) is 5.58 Å². The minimum absolute atomic E-state index is 0.00655. The zero-order chi connectivity index (χ0) is 14.9. The standard InChI is InChI=1S/C18H16N2O2/c21-18(20-11-12-1-2-12)14-5-3-13(4-6-14)17-15-8-10-22-16(15)7-9-19-17/h3-10,12H,1-2,11H2,(H,20,21). The van der Waals surface area contributed by atoms with Crippen LogP contribution in [0.2, 0.25) is 0 Å². The molecule has 1 aromatic carbocycles. The van der Waals surface area contributed by atoms with E-state index in [2.05, 4.69) is 10.3 Å². The Morgan fingerprint density at radius 1 is 1.18 bits per heavy atom. The monoisotopic (exact) mass is 292 g/mol. The van der Waals surface area contributed by atoms with Gasteiger partial charge in [-0.05, 0) is 43.0 Å². The van der Waals surface area contributed by atoms with Crippen LogP contribution in [0, 0.1) is 5.92 Å². The molecule has 1 amide bonds. The van der Waals surface area contributed by atoms with Crippen LogP contribution in [0.4, 0.5) is 0 Å². The molecule has 1 aliphatic rings. The molecule has 4 rings (SSSR count). The molecule has 3 aromatic rings. The zero-order valence-corrected chi connectivity index (χ0v) is 12.1. The molecule has 0 unspecified atom stereocenters. The van der Waals surface area contributed by atoms with Gasteiger partial charge < -0.3 is 9.73 Å². The third kappa shape index (κ3) is 2.48. The van der Waals surface area contributed by atoms with Gasteiger partial charge >= 0.3 is 0 Å². The van der Waals surface area contributed by atoms with Crippen molar-refractivity contribution in [3.05, 3.63) is 54.4 Å². The number of hydrogen-bond acceptors (Lipinski definition) is 3. The molecule has 0 atom stereocenters. The Bertz CT molecular complexity index is 816. The van der Waals surface area contributed by atoms with Crippen molar-refractivity contribution >= 4 is 16.9 Å². The lowest BCUT2D eigenvalue weighted by atomic mass is 10.1. The fourth-order valence-electron chi connectivity index (χ4n) is 2.57. The van der Waals surface area contributed by atoms with Gasteiger partial charge in [-0.1, -0.05) is 12.1 Å². The van der Waals surface area contributed by atoms with Crippen LogP contribution in [-0.2, 0) is 0 Å². The van der Waals surface area contributed by atoms with E-state index in [1.165, 1.54) is 12.8 Å². The number of nitrogens with one attached hydrogen (secondary N) is 1. The number of rotatable bonds is 4. The molecule has 4 nitrogen and oxygen atoms in total. The molecule has 2 heterocycles. The van der Waals surface area contributed by atoms with Crippen LogP contribution in [-0.4, -0.2) is 17.4 Å². The van der Waals surface area contributed by atoms with Crippen LogP contribution in [0.15, 0.2) is 53.3 Å². The highest BCUT2D eigenvalue weighted by atomic mass is 16.3. The second-order valence-corrected chi connectivity index (χ2v) is 5.72. The normalized spacial score (nSPS) is 14.2. The van der Waals surface area contributed by atoms with Gasteiger partial charge in [0.15, 0.2) is 0 Å². The SMILES string of the molecule is O=C(NCC1CC1)c1ccc(-c2nccc3occc23)cc1. The van der Waals surface area contributed by atoms with E-state index in [0.29, 0.717) is 11.5 Å². The number of carbonyl (C=O) groups is 1. The Kier molecular flexibility index (Phi) is 3.15. The van der Waals surface area contributed by atoms with Crippen LogP contribution in [0.5, 0.6) is 0 Å². The first-order valence-corrected chi connectivity index (χ1v) is 7.52. The predicted molar refractivity (Wildman–Crippen MR) is 84.5 cm³/mol. The van der Waals surface area contributed by atoms with Gasteiger partial charge in [0.25, 0.3) is 5.91 Å². The molecule has 1 saturated carbocycles. The minimum atomic E-state index is -0.00655. The maximum absolute atomic E-state index is 12.1. The highest BCUT2D eigenvalue weighted by Gasteiger charge is 2.21. The van der Waals surface area contributed by atoms with Crippen molar-refractivity contribution < 1.29 is 9.21 Å². The highest BCUT2D eigenvalue weighted by Crippen LogP contribution is 2.28. The first-order valence-electron chi connectivity index (χ1n) is 7.52. The maximum Gasteiger partial charge on any atom is 0.251 e. The van der Waals surface area contributed by atoms with Gasteiger partial charge in [0.2, 0.25) is 0 Å². The average molecular weight is 292 g/mol. The van der Waals surface area contributed by atoms with Crippen LogP contribution < -0.4 is 5.32 Å². The summed E-state index contributed by atoms with van der Waals surface area (Å²) in [5, 5.41) is 3.96. The molecule has 2 aromatic heterocycles. The molecule has 110 valence electrons. The van der Waals surface area contributed by atoms with Crippen LogP contribution in [0.1, 0.15) is 23.2 Å². The van der Waals surface area contributed by atoms with Crippen molar-refractivity contribution in [1.29, 1.82) is 0 Å². The van der Waals surface area contributed by atoms with E-state index in [0.717, 1.165) is 28.8 Å². The lowest BCUT2D eigenvalue weighted by molar-refractivity contribution is 0.0952. The van der Waals surface area contributed by atoms with Crippen molar-refractivity contribution in [3.8, 4) is 11.3 Å². The van der Waals surface area contributed by atoms with E-state index in [4.69, 9.17) is 4.42 Å². The van der Waals surface area contributed by atoms with Gasteiger partial charge in [0.05, 0.1) is 12.0 Å². The summed E-state index contributed by atoms with van der Waals surface area (Å²) in [7, 11) is 0. The number of amides is 1. The Hall–Kier alpha value is -2.62. The first kappa shape index (κ1) is 13.1. The summed E-state index contributed by atoms with van der Waals surface area (Å²) in [5.41, 5.74) is 3.35. The predicted octanol–water partition coefficient (Wildman–Crippen LogP) is 3.63. The smallest absolute Gasteiger partial charge is 0.251 e. The Balaban J connectivity index is 1.58. The third-order valence-corrected chi connectivity index (χ3v) is 4.05. The average Bonchev–Trinajstić information content (AvgIpc) is 3.27. The van der Waals surface area contributed by atoms with Gasteiger partial charge in [0, 0.05) is 29.3 Å². The second-order valence-electron chi connectivity index (χ2n) is 5.72. The lowest BCUT2D eigenvalue weighted by Crippen LogP contribution is -2.25. The van der Waals surface area contributed by atoms with Crippen molar-refractivity contribution in [2.45, 2.75) is 12.8 Å². The van der Waals surface area contributed by atoms with Crippen molar-refractivity contribution in [3.63, 3.8) is 0 Å². The molecule has 1 aliphatic carbocycles. The van der Waals surface area contributed by atoms with Gasteiger partial charge in [-0.25, -0.2) is 0 Å². The molecule has 22 heavy (non-hydrogen) atoms. The number of fused-ring (bicyclic) bond motifs is 1. The molecule has 0 bridgehead atoms. The number of furan rings is 1. The van der Waals surface area contributed by atoms with Crippen molar-refractivity contribution in [2.24, 2.45) is 5.92 Å². The van der Waals surface area contributed by atoms with Gasteiger partial charge in [-0.15, -0.1) is 0 Å². The Labute approximate surface area is 128 Å². The summed E-state index contributed by atoms with van der Waals surface area (Å²) in [5.74, 6) is 0.680. The van der Waals surface area contributed by atoms with E-state index in [1.54, 1.807) is 12.5 Å². The van der Waals surface area contributed by atoms with Gasteiger partial charge in [-0.3, -0.25) is 9.78 Å². The summed E-state index contributed by atoms with van der Waals surface area (Å²) < 4.78 is 5.40. The van der Waals surface area contributed by atoms with Crippen LogP contribution in [0.25, 0.3) is 22.2 Å². The fourth-order valence-corrected chi connectivity index (χ4v) is 2.57. The van der Waals surface area contributed by atoms with Crippen molar-refractivity contribution in [2.75, 3.05) is 6.54 Å². The number of aromatic nitrogens is 1. The molecule has 0 spiro atoms. The molecule has 0 radical (unpaired) electrons. The molecule has 4 heteroatoms. The molecular formula is C18H16N2O2. The molecular weight excluding hydrogens is 276 g/mol. The van der Waals surface area contributed by atoms with Crippen LogP contribution >= 0.6 is 0 Å². The summed E-state index contributed by atoms with van der Waals surface area (Å²) in [6.07, 6.45) is 5.87. The zero-order valence-electron chi connectivity index (χ0n) is 12.1. The number of benzene rings is 1. The van der Waals surface area contributed by atoms with Crippen LogP contribution in [0.3, 0.4) is 0 Å². The molecule has 1 N–H and O–H groups in total. The summed E-state index contributed by atoms with van der Waals surface area (Å²) in [4.78, 5) is 16.5. The minimum Gasteiger partial charge on any atom is -0.464 e. The quantitative estimate of drug-likeness (QED) is 0.798. The summed E-state index contributed by atoms with van der Waals surface area (Å²) in [6.45, 7) is 0.788. The molecule has 0 aliphatic heterocycles. The lowest BCUT2D eigenvalue weighted by Gasteiger charge is -2.06. The van der Waals surface area contributed by atoms with E-state index in [9.17, 15) is 4.79 Å². The largest absolute Gasteiger partial charge is 0.464 e. The number of carbonyl (C=O) groups excluding carboxylic acids is 1. The Morgan fingerprint density at radius 3 is 2.77 bits per heavy atom. The second kappa shape index (κ2) is 5.30. The number of pyridine rings is 1. The summed E-state index contributed by atoms with van der Waals surface area (Å²) >= 11 is 0. The van der Waals surface area contributed by atoms with E-state index in [1.807, 2.05) is 36.4 Å². The third-order valence-electron chi connectivity index (χ3n) is 4.05. The topological polar surface area (TPSA) is 55.1 Å². The van der Waals surface area contributed by atoms with Gasteiger partial charge in [-0.2, -0.15) is 0 Å². The highest BCUT2D eigenvalue weighted by molar-refractivity contribution is 5.96. The number of nitrogens with zero attached hydrogens (tertiary/aromatic N) is 1. The summed E-state index contributed by atoms with van der Waals surface area (Å²) in [6, 6.07) is 11.3. The van der Waals surface area contributed by atoms with Crippen molar-refractivity contribution in [1.82, 2.24) is 10.3 Å².